The molecule has 1 rings (SSSR count). The molecule has 0 aromatic rings. The van der Waals surface area contributed by atoms with Crippen molar-refractivity contribution in [1.82, 2.24) is 5.32 Å². The van der Waals surface area contributed by atoms with E-state index in [4.69, 9.17) is 4.74 Å². The van der Waals surface area contributed by atoms with Crippen LogP contribution in [0.5, 0.6) is 0 Å². The van der Waals surface area contributed by atoms with Crippen molar-refractivity contribution in [2.24, 2.45) is 11.3 Å². The van der Waals surface area contributed by atoms with Gasteiger partial charge in [0.25, 0.3) is 0 Å². The molecule has 1 aliphatic heterocycles. The van der Waals surface area contributed by atoms with Crippen molar-refractivity contribution in [3.8, 4) is 0 Å². The van der Waals surface area contributed by atoms with Gasteiger partial charge in [0, 0.05) is 18.6 Å². The van der Waals surface area contributed by atoms with Gasteiger partial charge in [-0.15, -0.1) is 0 Å². The molecule has 0 radical (unpaired) electrons. The Bertz CT molecular complexity index is 176. The van der Waals surface area contributed by atoms with Crippen LogP contribution < -0.4 is 5.32 Å². The van der Waals surface area contributed by atoms with E-state index in [-0.39, 0.29) is 0 Å². The van der Waals surface area contributed by atoms with Crippen molar-refractivity contribution in [3.63, 3.8) is 0 Å². The van der Waals surface area contributed by atoms with E-state index in [1.807, 2.05) is 0 Å². The number of ether oxygens (including phenoxy) is 1. The molecule has 1 aliphatic rings. The fraction of sp³-hybridized carbons (Fsp3) is 1.00. The third-order valence-corrected chi connectivity index (χ3v) is 3.67. The van der Waals surface area contributed by atoms with Gasteiger partial charge >= 0.3 is 0 Å². The normalized spacial score (nSPS) is 27.2. The maximum Gasteiger partial charge on any atom is 0.0535 e. The Labute approximate surface area is 101 Å². The zero-order chi connectivity index (χ0) is 11.9. The summed E-state index contributed by atoms with van der Waals surface area (Å²) in [6.07, 6.45) is 6.47. The Morgan fingerprint density at radius 3 is 2.69 bits per heavy atom. The molecule has 0 amide bonds. The Balaban J connectivity index is 2.38. The van der Waals surface area contributed by atoms with Crippen molar-refractivity contribution in [1.29, 1.82) is 0 Å². The molecular formula is C14H29NO. The monoisotopic (exact) mass is 227 g/mol. The standard InChI is InChI=1S/C14H29NO/c1-4-6-13(3)10-14(7-9-16-12-14)11-15-8-5-2/h13,15H,4-12H2,1-3H3. The molecule has 0 aromatic carbocycles. The van der Waals surface area contributed by atoms with Gasteiger partial charge in [0.2, 0.25) is 0 Å². The fourth-order valence-electron chi connectivity index (χ4n) is 2.89. The SMILES string of the molecule is CCCNCC1(CC(C)CCC)CCOC1. The van der Waals surface area contributed by atoms with Crippen molar-refractivity contribution in [2.45, 2.75) is 52.9 Å². The summed E-state index contributed by atoms with van der Waals surface area (Å²) in [6.45, 7) is 11.1. The molecule has 0 bridgehead atoms. The minimum atomic E-state index is 0.434. The first-order chi connectivity index (χ1) is 7.72. The average molecular weight is 227 g/mol. The van der Waals surface area contributed by atoms with E-state index in [2.05, 4.69) is 26.1 Å². The van der Waals surface area contributed by atoms with E-state index >= 15 is 0 Å². The van der Waals surface area contributed by atoms with Crippen molar-refractivity contribution >= 4 is 0 Å². The van der Waals surface area contributed by atoms with Gasteiger partial charge < -0.3 is 10.1 Å². The van der Waals surface area contributed by atoms with E-state index in [9.17, 15) is 0 Å². The Morgan fingerprint density at radius 2 is 2.12 bits per heavy atom. The third-order valence-electron chi connectivity index (χ3n) is 3.67. The summed E-state index contributed by atoms with van der Waals surface area (Å²) in [5.41, 5.74) is 0.434. The van der Waals surface area contributed by atoms with E-state index in [1.54, 1.807) is 0 Å². The summed E-state index contributed by atoms with van der Waals surface area (Å²) in [4.78, 5) is 0. The molecule has 0 aliphatic carbocycles. The highest BCUT2D eigenvalue weighted by molar-refractivity contribution is 4.86. The average Bonchev–Trinajstić information content (AvgIpc) is 2.67. The molecule has 2 heteroatoms. The van der Waals surface area contributed by atoms with Crippen LogP contribution in [0.4, 0.5) is 0 Å². The minimum absolute atomic E-state index is 0.434. The first-order valence-corrected chi connectivity index (χ1v) is 7.01. The lowest BCUT2D eigenvalue weighted by Crippen LogP contribution is -2.36. The molecular weight excluding hydrogens is 198 g/mol. The van der Waals surface area contributed by atoms with Gasteiger partial charge in [0.05, 0.1) is 6.61 Å². The second kappa shape index (κ2) is 7.29. The van der Waals surface area contributed by atoms with Crippen LogP contribution in [0.25, 0.3) is 0 Å². The van der Waals surface area contributed by atoms with Gasteiger partial charge in [0.1, 0.15) is 0 Å². The summed E-state index contributed by atoms with van der Waals surface area (Å²) in [5.74, 6) is 0.843. The highest BCUT2D eigenvalue weighted by Crippen LogP contribution is 2.36. The molecule has 0 spiro atoms. The second-order valence-electron chi connectivity index (χ2n) is 5.58. The van der Waals surface area contributed by atoms with E-state index in [1.165, 1.54) is 32.1 Å². The Hall–Kier alpha value is -0.0800. The maximum absolute atomic E-state index is 5.63. The molecule has 1 heterocycles. The summed E-state index contributed by atoms with van der Waals surface area (Å²) in [6, 6.07) is 0. The van der Waals surface area contributed by atoms with Crippen molar-refractivity contribution in [2.75, 3.05) is 26.3 Å². The molecule has 96 valence electrons. The third kappa shape index (κ3) is 4.42. The predicted molar refractivity (Wildman–Crippen MR) is 69.7 cm³/mol. The molecule has 1 N–H and O–H groups in total. The van der Waals surface area contributed by atoms with Crippen LogP contribution in [0, 0.1) is 11.3 Å². The quantitative estimate of drug-likeness (QED) is 0.643. The number of hydrogen-bond acceptors (Lipinski definition) is 2. The molecule has 16 heavy (non-hydrogen) atoms. The van der Waals surface area contributed by atoms with E-state index in [0.717, 1.165) is 32.2 Å². The summed E-state index contributed by atoms with van der Waals surface area (Å²) in [5, 5.41) is 3.59. The molecule has 1 saturated heterocycles. The van der Waals surface area contributed by atoms with Crippen LogP contribution in [0.15, 0.2) is 0 Å². The summed E-state index contributed by atoms with van der Waals surface area (Å²) in [7, 11) is 0. The van der Waals surface area contributed by atoms with Crippen LogP contribution in [-0.2, 0) is 4.74 Å². The predicted octanol–water partition coefficient (Wildman–Crippen LogP) is 3.22. The van der Waals surface area contributed by atoms with Crippen molar-refractivity contribution in [3.05, 3.63) is 0 Å². The van der Waals surface area contributed by atoms with Crippen LogP contribution in [-0.4, -0.2) is 26.3 Å². The number of rotatable bonds is 8. The van der Waals surface area contributed by atoms with Crippen LogP contribution >= 0.6 is 0 Å². The van der Waals surface area contributed by atoms with Gasteiger partial charge in [-0.25, -0.2) is 0 Å². The molecule has 2 unspecified atom stereocenters. The lowest BCUT2D eigenvalue weighted by molar-refractivity contribution is 0.131. The van der Waals surface area contributed by atoms with Gasteiger partial charge in [-0.1, -0.05) is 33.6 Å². The maximum atomic E-state index is 5.63. The lowest BCUT2D eigenvalue weighted by Gasteiger charge is -2.30. The molecule has 0 aromatic heterocycles. The van der Waals surface area contributed by atoms with Gasteiger partial charge in [0.15, 0.2) is 0 Å². The molecule has 0 saturated carbocycles. The van der Waals surface area contributed by atoms with Crippen LogP contribution in [0.1, 0.15) is 52.9 Å². The number of hydrogen-bond donors (Lipinski definition) is 1. The summed E-state index contributed by atoms with van der Waals surface area (Å²) < 4.78 is 5.63. The van der Waals surface area contributed by atoms with Gasteiger partial charge in [-0.05, 0) is 31.7 Å². The Morgan fingerprint density at radius 1 is 1.31 bits per heavy atom. The second-order valence-corrected chi connectivity index (χ2v) is 5.58. The minimum Gasteiger partial charge on any atom is -0.381 e. The lowest BCUT2D eigenvalue weighted by atomic mass is 9.78. The first-order valence-electron chi connectivity index (χ1n) is 7.01. The highest BCUT2D eigenvalue weighted by atomic mass is 16.5. The van der Waals surface area contributed by atoms with E-state index in [0.29, 0.717) is 5.41 Å². The fourth-order valence-corrected chi connectivity index (χ4v) is 2.89. The largest absolute Gasteiger partial charge is 0.381 e. The van der Waals surface area contributed by atoms with Crippen LogP contribution in [0.3, 0.4) is 0 Å². The highest BCUT2D eigenvalue weighted by Gasteiger charge is 2.35. The Kier molecular flexibility index (Phi) is 6.37. The first kappa shape index (κ1) is 14.0. The van der Waals surface area contributed by atoms with Gasteiger partial charge in [-0.3, -0.25) is 0 Å². The van der Waals surface area contributed by atoms with Gasteiger partial charge in [-0.2, -0.15) is 0 Å². The van der Waals surface area contributed by atoms with Crippen LogP contribution in [0.2, 0.25) is 0 Å². The zero-order valence-electron chi connectivity index (χ0n) is 11.3. The zero-order valence-corrected chi connectivity index (χ0v) is 11.3. The molecule has 2 atom stereocenters. The van der Waals surface area contributed by atoms with E-state index < -0.39 is 0 Å². The molecule has 2 nitrogen and oxygen atoms in total. The molecule has 1 fully saturated rings. The smallest absolute Gasteiger partial charge is 0.0535 e. The summed E-state index contributed by atoms with van der Waals surface area (Å²) >= 11 is 0. The topological polar surface area (TPSA) is 21.3 Å². The van der Waals surface area contributed by atoms with Crippen molar-refractivity contribution < 1.29 is 4.74 Å². The number of nitrogens with one attached hydrogen (secondary N) is 1.